The molecule has 1 aromatic carbocycles. The van der Waals surface area contributed by atoms with Gasteiger partial charge in [0, 0.05) is 5.56 Å². The van der Waals surface area contributed by atoms with Gasteiger partial charge in [-0.05, 0) is 41.6 Å². The number of alkyl halides is 2. The van der Waals surface area contributed by atoms with E-state index in [0.29, 0.717) is 3.57 Å². The zero-order chi connectivity index (χ0) is 11.6. The van der Waals surface area contributed by atoms with Crippen molar-refractivity contribution in [2.75, 3.05) is 7.11 Å². The van der Waals surface area contributed by atoms with Crippen LogP contribution in [0.4, 0.5) is 8.78 Å². The average Bonchev–Trinajstić information content (AvgIpc) is 2.16. The van der Waals surface area contributed by atoms with Crippen LogP contribution in [0, 0.1) is 3.57 Å². The molecule has 0 saturated carbocycles. The molecule has 15 heavy (non-hydrogen) atoms. The van der Waals surface area contributed by atoms with E-state index in [4.69, 9.17) is 4.74 Å². The van der Waals surface area contributed by atoms with Crippen molar-refractivity contribution in [1.82, 2.24) is 0 Å². The Morgan fingerprint density at radius 2 is 2.07 bits per heavy atom. The summed E-state index contributed by atoms with van der Waals surface area (Å²) in [4.78, 5) is 11.1. The van der Waals surface area contributed by atoms with Gasteiger partial charge in [0.2, 0.25) is 0 Å². The molecule has 82 valence electrons. The molecule has 0 bridgehead atoms. The van der Waals surface area contributed by atoms with Crippen LogP contribution in [0.1, 0.15) is 29.3 Å². The van der Waals surface area contributed by atoms with Gasteiger partial charge in [0.15, 0.2) is 5.78 Å². The second-order valence-electron chi connectivity index (χ2n) is 2.94. The molecule has 0 unspecified atom stereocenters. The Bertz CT molecular complexity index is 391. The smallest absolute Gasteiger partial charge is 0.267 e. The largest absolute Gasteiger partial charge is 0.495 e. The van der Waals surface area contributed by atoms with Crippen LogP contribution in [0.15, 0.2) is 12.1 Å². The van der Waals surface area contributed by atoms with Gasteiger partial charge in [-0.15, -0.1) is 0 Å². The lowest BCUT2D eigenvalue weighted by Crippen LogP contribution is -2.00. The van der Waals surface area contributed by atoms with Crippen molar-refractivity contribution in [3.63, 3.8) is 0 Å². The Morgan fingerprint density at radius 1 is 1.47 bits per heavy atom. The van der Waals surface area contributed by atoms with Crippen molar-refractivity contribution in [3.8, 4) is 5.75 Å². The van der Waals surface area contributed by atoms with Crippen LogP contribution in [0.5, 0.6) is 5.75 Å². The van der Waals surface area contributed by atoms with Gasteiger partial charge in [0.1, 0.15) is 5.75 Å². The minimum Gasteiger partial charge on any atom is -0.495 e. The molecule has 0 aromatic heterocycles. The highest BCUT2D eigenvalue weighted by Crippen LogP contribution is 2.34. The summed E-state index contributed by atoms with van der Waals surface area (Å²) in [5.41, 5.74) is 0.0325. The van der Waals surface area contributed by atoms with Gasteiger partial charge in [-0.3, -0.25) is 4.79 Å². The first-order valence-electron chi connectivity index (χ1n) is 4.14. The number of ether oxygens (including phenoxy) is 1. The monoisotopic (exact) mass is 326 g/mol. The fourth-order valence-corrected chi connectivity index (χ4v) is 2.06. The molecule has 0 saturated heterocycles. The summed E-state index contributed by atoms with van der Waals surface area (Å²) >= 11 is 1.87. The van der Waals surface area contributed by atoms with Crippen LogP contribution in [-0.2, 0) is 0 Å². The summed E-state index contributed by atoms with van der Waals surface area (Å²) in [5.74, 6) is -0.104. The lowest BCUT2D eigenvalue weighted by molar-refractivity contribution is 0.101. The highest BCUT2D eigenvalue weighted by molar-refractivity contribution is 14.1. The van der Waals surface area contributed by atoms with Crippen molar-refractivity contribution in [1.29, 1.82) is 0 Å². The Morgan fingerprint density at radius 3 is 2.47 bits per heavy atom. The average molecular weight is 326 g/mol. The highest BCUT2D eigenvalue weighted by atomic mass is 127. The molecule has 0 aliphatic heterocycles. The van der Waals surface area contributed by atoms with Gasteiger partial charge in [-0.25, -0.2) is 8.78 Å². The van der Waals surface area contributed by atoms with Crippen molar-refractivity contribution in [2.24, 2.45) is 0 Å². The Labute approximate surface area is 99.8 Å². The van der Waals surface area contributed by atoms with E-state index in [1.54, 1.807) is 0 Å². The summed E-state index contributed by atoms with van der Waals surface area (Å²) in [6, 6.07) is 2.71. The second kappa shape index (κ2) is 4.87. The number of benzene rings is 1. The van der Waals surface area contributed by atoms with E-state index < -0.39 is 6.43 Å². The molecule has 0 atom stereocenters. The molecule has 0 spiro atoms. The minimum absolute atomic E-state index is 0.135. The quantitative estimate of drug-likeness (QED) is 0.628. The number of ketones is 1. The third kappa shape index (κ3) is 2.64. The molecule has 1 rings (SSSR count). The number of halogens is 3. The van der Waals surface area contributed by atoms with E-state index in [2.05, 4.69) is 0 Å². The molecular weight excluding hydrogens is 317 g/mol. The predicted octanol–water partition coefficient (Wildman–Crippen LogP) is 3.44. The summed E-state index contributed by atoms with van der Waals surface area (Å²) in [6.07, 6.45) is -2.65. The fourth-order valence-electron chi connectivity index (χ4n) is 1.20. The van der Waals surface area contributed by atoms with Crippen LogP contribution >= 0.6 is 22.6 Å². The third-order valence-electron chi connectivity index (χ3n) is 1.92. The lowest BCUT2D eigenvalue weighted by Gasteiger charge is -2.11. The number of hydrogen-bond acceptors (Lipinski definition) is 2. The maximum atomic E-state index is 12.6. The number of Topliss-reactive ketones (excluding diaryl/α,β-unsaturated/α-hetero) is 1. The fraction of sp³-hybridized carbons (Fsp3) is 0.300. The van der Waals surface area contributed by atoms with E-state index in [-0.39, 0.29) is 22.7 Å². The summed E-state index contributed by atoms with van der Waals surface area (Å²) in [6.45, 7) is 1.34. The van der Waals surface area contributed by atoms with E-state index in [0.717, 1.165) is 0 Å². The Hall–Kier alpha value is -0.720. The molecule has 0 heterocycles. The van der Waals surface area contributed by atoms with Crippen molar-refractivity contribution >= 4 is 28.4 Å². The summed E-state index contributed by atoms with van der Waals surface area (Å²) in [5, 5.41) is 0. The van der Waals surface area contributed by atoms with Gasteiger partial charge < -0.3 is 4.74 Å². The maximum Gasteiger partial charge on any atom is 0.267 e. The lowest BCUT2D eigenvalue weighted by atomic mass is 10.1. The first-order valence-corrected chi connectivity index (χ1v) is 5.21. The zero-order valence-electron chi connectivity index (χ0n) is 8.18. The standard InChI is InChI=1S/C10H9F2IO2/c1-5(14)6-3-7(10(11)12)9(15-2)8(13)4-6/h3-4,10H,1-2H3. The second-order valence-corrected chi connectivity index (χ2v) is 4.10. The molecule has 5 heteroatoms. The number of rotatable bonds is 3. The highest BCUT2D eigenvalue weighted by Gasteiger charge is 2.18. The van der Waals surface area contributed by atoms with Crippen LogP contribution in [0.2, 0.25) is 0 Å². The normalized spacial score (nSPS) is 10.5. The van der Waals surface area contributed by atoms with Gasteiger partial charge in [-0.1, -0.05) is 0 Å². The van der Waals surface area contributed by atoms with Gasteiger partial charge in [-0.2, -0.15) is 0 Å². The number of carbonyl (C=O) groups is 1. The van der Waals surface area contributed by atoms with Crippen molar-refractivity contribution < 1.29 is 18.3 Å². The van der Waals surface area contributed by atoms with E-state index in [1.165, 1.54) is 26.2 Å². The molecule has 0 amide bonds. The van der Waals surface area contributed by atoms with Crippen LogP contribution in [0.25, 0.3) is 0 Å². The predicted molar refractivity (Wildman–Crippen MR) is 60.7 cm³/mol. The van der Waals surface area contributed by atoms with Crippen molar-refractivity contribution in [2.45, 2.75) is 13.3 Å². The third-order valence-corrected chi connectivity index (χ3v) is 2.72. The molecule has 0 aliphatic carbocycles. The van der Waals surface area contributed by atoms with Gasteiger partial charge >= 0.3 is 0 Å². The topological polar surface area (TPSA) is 26.3 Å². The molecule has 0 fully saturated rings. The molecular formula is C10H9F2IO2. The summed E-state index contributed by atoms with van der Waals surface area (Å²) < 4.78 is 30.7. The van der Waals surface area contributed by atoms with Crippen LogP contribution in [0.3, 0.4) is 0 Å². The van der Waals surface area contributed by atoms with Crippen molar-refractivity contribution in [3.05, 3.63) is 26.8 Å². The Kier molecular flexibility index (Phi) is 4.01. The minimum atomic E-state index is -2.65. The first kappa shape index (κ1) is 12.4. The number of methoxy groups -OCH3 is 1. The Balaban J connectivity index is 3.38. The van der Waals surface area contributed by atoms with Gasteiger partial charge in [0.25, 0.3) is 6.43 Å². The van der Waals surface area contributed by atoms with E-state index in [9.17, 15) is 13.6 Å². The van der Waals surface area contributed by atoms with Crippen LogP contribution in [-0.4, -0.2) is 12.9 Å². The molecule has 0 aliphatic rings. The molecule has 0 N–H and O–H groups in total. The van der Waals surface area contributed by atoms with Gasteiger partial charge in [0.05, 0.1) is 16.2 Å². The SMILES string of the molecule is COc1c(I)cc(C(C)=O)cc1C(F)F. The summed E-state index contributed by atoms with van der Waals surface area (Å²) in [7, 11) is 1.33. The maximum absolute atomic E-state index is 12.6. The van der Waals surface area contributed by atoms with E-state index >= 15 is 0 Å². The first-order chi connectivity index (χ1) is 6.97. The number of carbonyl (C=O) groups excluding carboxylic acids is 1. The zero-order valence-corrected chi connectivity index (χ0v) is 10.3. The van der Waals surface area contributed by atoms with E-state index in [1.807, 2.05) is 22.6 Å². The van der Waals surface area contributed by atoms with Crippen LogP contribution < -0.4 is 4.74 Å². The molecule has 1 aromatic rings. The molecule has 0 radical (unpaired) electrons. The number of hydrogen-bond donors (Lipinski definition) is 0. The molecule has 2 nitrogen and oxygen atoms in total.